The van der Waals surface area contributed by atoms with Gasteiger partial charge in [-0.25, -0.2) is 10.2 Å². The zero-order valence-electron chi connectivity index (χ0n) is 19.2. The Kier molecular flexibility index (Phi) is 7.30. The molecule has 0 spiro atoms. The average Bonchev–Trinajstić information content (AvgIpc) is 2.90. The van der Waals surface area contributed by atoms with Gasteiger partial charge < -0.3 is 9.47 Å². The van der Waals surface area contributed by atoms with E-state index < -0.39 is 16.8 Å². The molecule has 0 atom stereocenters. The van der Waals surface area contributed by atoms with Gasteiger partial charge in [-0.3, -0.25) is 14.9 Å². The van der Waals surface area contributed by atoms with Crippen LogP contribution in [-0.2, 0) is 0 Å². The lowest BCUT2D eigenvalue weighted by Gasteiger charge is -2.11. The van der Waals surface area contributed by atoms with E-state index in [-0.39, 0.29) is 17.0 Å². The summed E-state index contributed by atoms with van der Waals surface area (Å²) in [6.45, 7) is 2.39. The summed E-state index contributed by atoms with van der Waals surface area (Å²) in [5, 5.41) is 16.5. The highest BCUT2D eigenvalue weighted by Crippen LogP contribution is 2.27. The van der Waals surface area contributed by atoms with Crippen LogP contribution in [0.5, 0.6) is 11.5 Å². The molecular formula is C27H21N3O6. The van der Waals surface area contributed by atoms with E-state index in [1.807, 2.05) is 37.3 Å². The molecular weight excluding hydrogens is 462 g/mol. The lowest BCUT2D eigenvalue weighted by atomic mass is 10.0. The molecule has 4 aromatic carbocycles. The predicted molar refractivity (Wildman–Crippen MR) is 135 cm³/mol. The third-order valence-electron chi connectivity index (χ3n) is 5.23. The number of hydrazone groups is 1. The number of rotatable bonds is 8. The van der Waals surface area contributed by atoms with Crippen LogP contribution >= 0.6 is 0 Å². The number of benzene rings is 4. The summed E-state index contributed by atoms with van der Waals surface area (Å²) in [6, 6.07) is 22.7. The number of nitro benzene ring substituents is 1. The number of amides is 1. The van der Waals surface area contributed by atoms with Gasteiger partial charge in [0.25, 0.3) is 11.6 Å². The van der Waals surface area contributed by atoms with E-state index in [1.165, 1.54) is 30.5 Å². The van der Waals surface area contributed by atoms with Gasteiger partial charge in [0.05, 0.1) is 23.3 Å². The van der Waals surface area contributed by atoms with Crippen molar-refractivity contribution in [1.29, 1.82) is 0 Å². The number of carbonyl (C=O) groups is 2. The standard InChI is InChI=1S/C27H21N3O6/c1-2-35-22-14-9-20(10-15-22)27(32)36-25-16-11-18-5-3-4-6-23(18)24(25)17-28-29-26(31)19-7-12-21(13-8-19)30(33)34/h3-17H,2H2,1H3,(H,29,31)/b28-17-. The zero-order chi connectivity index (χ0) is 25.5. The number of ether oxygens (including phenoxy) is 2. The van der Waals surface area contributed by atoms with Crippen molar-refractivity contribution in [1.82, 2.24) is 5.43 Å². The Labute approximate surface area is 206 Å². The fourth-order valence-corrected chi connectivity index (χ4v) is 3.46. The van der Waals surface area contributed by atoms with Crippen molar-refractivity contribution in [3.8, 4) is 11.5 Å². The first-order chi connectivity index (χ1) is 17.5. The maximum absolute atomic E-state index is 12.8. The van der Waals surface area contributed by atoms with E-state index >= 15 is 0 Å². The van der Waals surface area contributed by atoms with Crippen molar-refractivity contribution in [2.24, 2.45) is 5.10 Å². The fraction of sp³-hybridized carbons (Fsp3) is 0.0741. The van der Waals surface area contributed by atoms with Gasteiger partial charge in [0.15, 0.2) is 0 Å². The van der Waals surface area contributed by atoms with Crippen LogP contribution in [0.15, 0.2) is 90.0 Å². The van der Waals surface area contributed by atoms with Crippen LogP contribution in [-0.4, -0.2) is 29.6 Å². The largest absolute Gasteiger partial charge is 0.494 e. The molecule has 0 radical (unpaired) electrons. The maximum atomic E-state index is 12.8. The summed E-state index contributed by atoms with van der Waals surface area (Å²) in [7, 11) is 0. The van der Waals surface area contributed by atoms with Crippen LogP contribution in [0.4, 0.5) is 5.69 Å². The molecule has 0 saturated heterocycles. The Morgan fingerprint density at radius 3 is 2.33 bits per heavy atom. The molecule has 0 aliphatic heterocycles. The molecule has 4 aromatic rings. The lowest BCUT2D eigenvalue weighted by Crippen LogP contribution is -2.17. The molecule has 9 nitrogen and oxygen atoms in total. The second-order valence-electron chi connectivity index (χ2n) is 7.55. The molecule has 0 heterocycles. The first-order valence-corrected chi connectivity index (χ1v) is 11.0. The molecule has 1 amide bonds. The highest BCUT2D eigenvalue weighted by Gasteiger charge is 2.14. The first-order valence-electron chi connectivity index (χ1n) is 11.0. The van der Waals surface area contributed by atoms with Gasteiger partial charge >= 0.3 is 5.97 Å². The molecule has 4 rings (SSSR count). The molecule has 0 aliphatic carbocycles. The van der Waals surface area contributed by atoms with Crippen LogP contribution in [0, 0.1) is 10.1 Å². The van der Waals surface area contributed by atoms with Crippen molar-refractivity contribution in [2.75, 3.05) is 6.61 Å². The van der Waals surface area contributed by atoms with E-state index in [0.29, 0.717) is 23.5 Å². The van der Waals surface area contributed by atoms with Crippen molar-refractivity contribution >= 4 is 34.6 Å². The number of esters is 1. The number of nitro groups is 1. The summed E-state index contributed by atoms with van der Waals surface area (Å²) < 4.78 is 11.1. The third-order valence-corrected chi connectivity index (χ3v) is 5.23. The maximum Gasteiger partial charge on any atom is 0.343 e. The van der Waals surface area contributed by atoms with Crippen LogP contribution in [0.25, 0.3) is 10.8 Å². The van der Waals surface area contributed by atoms with E-state index in [4.69, 9.17) is 9.47 Å². The van der Waals surface area contributed by atoms with Gasteiger partial charge in [-0.2, -0.15) is 5.10 Å². The SMILES string of the molecule is CCOc1ccc(C(=O)Oc2ccc3ccccc3c2/C=N\NC(=O)c2ccc([N+](=O)[O-])cc2)cc1. The molecule has 0 saturated carbocycles. The highest BCUT2D eigenvalue weighted by atomic mass is 16.6. The van der Waals surface area contributed by atoms with Crippen molar-refractivity contribution in [3.05, 3.63) is 112 Å². The molecule has 180 valence electrons. The Hall–Kier alpha value is -5.05. The number of carbonyl (C=O) groups excluding carboxylic acids is 2. The molecule has 0 unspecified atom stereocenters. The Morgan fingerprint density at radius 1 is 0.944 bits per heavy atom. The lowest BCUT2D eigenvalue weighted by molar-refractivity contribution is -0.384. The zero-order valence-corrected chi connectivity index (χ0v) is 19.2. The number of nitrogens with one attached hydrogen (secondary N) is 1. The minimum Gasteiger partial charge on any atom is -0.494 e. The van der Waals surface area contributed by atoms with Crippen LogP contribution in [0.1, 0.15) is 33.2 Å². The fourth-order valence-electron chi connectivity index (χ4n) is 3.46. The van der Waals surface area contributed by atoms with Gasteiger partial charge in [-0.1, -0.05) is 30.3 Å². The van der Waals surface area contributed by atoms with Gasteiger partial charge in [0.2, 0.25) is 0 Å². The minimum atomic E-state index is -0.558. The van der Waals surface area contributed by atoms with Crippen LogP contribution in [0.3, 0.4) is 0 Å². The summed E-state index contributed by atoms with van der Waals surface area (Å²) >= 11 is 0. The van der Waals surface area contributed by atoms with Gasteiger partial charge in [0, 0.05) is 23.3 Å². The normalized spacial score (nSPS) is 10.8. The summed E-state index contributed by atoms with van der Waals surface area (Å²) in [6.07, 6.45) is 1.40. The second-order valence-corrected chi connectivity index (χ2v) is 7.55. The first kappa shape index (κ1) is 24.1. The topological polar surface area (TPSA) is 120 Å². The number of hydrogen-bond donors (Lipinski definition) is 1. The van der Waals surface area contributed by atoms with Gasteiger partial charge in [-0.05, 0) is 60.2 Å². The van der Waals surface area contributed by atoms with Gasteiger partial charge in [0.1, 0.15) is 11.5 Å². The number of hydrogen-bond acceptors (Lipinski definition) is 7. The molecule has 0 fully saturated rings. The second kappa shape index (κ2) is 10.9. The van der Waals surface area contributed by atoms with E-state index in [9.17, 15) is 19.7 Å². The van der Waals surface area contributed by atoms with Gasteiger partial charge in [-0.15, -0.1) is 0 Å². The van der Waals surface area contributed by atoms with Crippen molar-refractivity contribution in [3.63, 3.8) is 0 Å². The predicted octanol–water partition coefficient (Wildman–Crippen LogP) is 5.13. The van der Waals surface area contributed by atoms with E-state index in [1.54, 1.807) is 30.3 Å². The molecule has 36 heavy (non-hydrogen) atoms. The quantitative estimate of drug-likeness (QED) is 0.122. The van der Waals surface area contributed by atoms with Crippen LogP contribution < -0.4 is 14.9 Å². The van der Waals surface area contributed by atoms with Crippen LogP contribution in [0.2, 0.25) is 0 Å². The summed E-state index contributed by atoms with van der Waals surface area (Å²) in [4.78, 5) is 35.5. The Balaban J connectivity index is 1.56. The molecule has 9 heteroatoms. The highest BCUT2D eigenvalue weighted by molar-refractivity contribution is 6.04. The number of nitrogens with zero attached hydrogens (tertiary/aromatic N) is 2. The number of non-ortho nitro benzene ring substituents is 1. The molecule has 0 aliphatic rings. The smallest absolute Gasteiger partial charge is 0.343 e. The summed E-state index contributed by atoms with van der Waals surface area (Å²) in [5.74, 6) is -0.190. The van der Waals surface area contributed by atoms with Crippen molar-refractivity contribution in [2.45, 2.75) is 6.92 Å². The van der Waals surface area contributed by atoms with Crippen molar-refractivity contribution < 1.29 is 24.0 Å². The molecule has 0 bridgehead atoms. The Bertz CT molecular complexity index is 1450. The minimum absolute atomic E-state index is 0.121. The van der Waals surface area contributed by atoms with E-state index in [2.05, 4.69) is 10.5 Å². The average molecular weight is 483 g/mol. The summed E-state index contributed by atoms with van der Waals surface area (Å²) in [5.41, 5.74) is 3.33. The molecule has 0 aromatic heterocycles. The monoisotopic (exact) mass is 483 g/mol. The third kappa shape index (κ3) is 5.53. The number of fused-ring (bicyclic) bond motifs is 1. The Morgan fingerprint density at radius 2 is 1.64 bits per heavy atom. The molecule has 1 N–H and O–H groups in total. The van der Waals surface area contributed by atoms with E-state index in [0.717, 1.165) is 10.8 Å².